The first kappa shape index (κ1) is 24.5. The number of hydrogen-bond acceptors (Lipinski definition) is 4. The van der Waals surface area contributed by atoms with E-state index in [0.29, 0.717) is 32.0 Å². The Balaban J connectivity index is 0.00000364. The second-order valence-corrected chi connectivity index (χ2v) is 11.0. The summed E-state index contributed by atoms with van der Waals surface area (Å²) in [6.45, 7) is 13.8. The van der Waals surface area contributed by atoms with Crippen molar-refractivity contribution >= 4 is 45.7 Å². The Labute approximate surface area is 181 Å². The lowest BCUT2D eigenvalue weighted by atomic mass is 9.96. The second-order valence-electron chi connectivity index (χ2n) is 8.76. The summed E-state index contributed by atoms with van der Waals surface area (Å²) in [7, 11) is -2.90. The van der Waals surface area contributed by atoms with Crippen LogP contribution in [0, 0.1) is 5.92 Å². The Morgan fingerprint density at radius 2 is 1.93 bits per heavy atom. The molecular weight excluding hydrogens is 479 g/mol. The number of carbonyl (C=O) groups is 1. The van der Waals surface area contributed by atoms with Crippen LogP contribution in [0.15, 0.2) is 4.99 Å². The molecule has 2 aliphatic rings. The highest BCUT2D eigenvalue weighted by Gasteiger charge is 2.41. The number of halogens is 1. The van der Waals surface area contributed by atoms with E-state index in [9.17, 15) is 13.2 Å². The lowest BCUT2D eigenvalue weighted by molar-refractivity contribution is -0.145. The van der Waals surface area contributed by atoms with Crippen LogP contribution in [0.1, 0.15) is 48.0 Å². The Kier molecular flexibility index (Phi) is 8.40. The van der Waals surface area contributed by atoms with Gasteiger partial charge in [-0.3, -0.25) is 9.79 Å². The fourth-order valence-corrected chi connectivity index (χ4v) is 5.89. The standard InChI is InChI=1S/C18H34N4O3S.HI/c1-13(2)20-17(19-9-15-7-8-26(24,25)11-15)21-10-16(23)22(14(3)4)18(5,6)12-21;/h13-15H,7-12H2,1-6H3,(H,19,20);1H. The average molecular weight is 514 g/mol. The van der Waals surface area contributed by atoms with Crippen LogP contribution < -0.4 is 5.32 Å². The van der Waals surface area contributed by atoms with E-state index in [1.807, 2.05) is 37.5 Å². The molecule has 0 spiro atoms. The number of sulfone groups is 1. The zero-order chi connectivity index (χ0) is 19.7. The Hall–Kier alpha value is -0.580. The molecule has 27 heavy (non-hydrogen) atoms. The summed E-state index contributed by atoms with van der Waals surface area (Å²) < 4.78 is 23.3. The van der Waals surface area contributed by atoms with Crippen molar-refractivity contribution in [1.29, 1.82) is 0 Å². The number of piperazine rings is 1. The number of aliphatic imine (C=N–C) groups is 1. The minimum Gasteiger partial charge on any atom is -0.354 e. The third kappa shape index (κ3) is 6.47. The molecule has 2 fully saturated rings. The molecule has 0 saturated carbocycles. The van der Waals surface area contributed by atoms with Gasteiger partial charge in [0.25, 0.3) is 0 Å². The van der Waals surface area contributed by atoms with Crippen LogP contribution in [0.2, 0.25) is 0 Å². The molecular formula is C18H35IN4O3S. The predicted molar refractivity (Wildman–Crippen MR) is 120 cm³/mol. The maximum atomic E-state index is 12.7. The second kappa shape index (κ2) is 9.28. The van der Waals surface area contributed by atoms with Gasteiger partial charge in [0.2, 0.25) is 5.91 Å². The number of nitrogens with zero attached hydrogens (tertiary/aromatic N) is 3. The predicted octanol–water partition coefficient (Wildman–Crippen LogP) is 1.72. The summed E-state index contributed by atoms with van der Waals surface area (Å²) in [6, 6.07) is 0.337. The van der Waals surface area contributed by atoms with Crippen molar-refractivity contribution < 1.29 is 13.2 Å². The lowest BCUT2D eigenvalue weighted by Crippen LogP contribution is -2.66. The third-order valence-electron chi connectivity index (χ3n) is 4.88. The number of carbonyl (C=O) groups excluding carboxylic acids is 1. The summed E-state index contributed by atoms with van der Waals surface area (Å²) in [5, 5.41) is 3.35. The zero-order valence-corrected chi connectivity index (χ0v) is 20.5. The molecule has 1 N–H and O–H groups in total. The molecule has 0 radical (unpaired) electrons. The van der Waals surface area contributed by atoms with E-state index in [2.05, 4.69) is 19.2 Å². The van der Waals surface area contributed by atoms with Gasteiger partial charge in [0.05, 0.1) is 23.6 Å². The fourth-order valence-electron chi connectivity index (χ4n) is 4.04. The van der Waals surface area contributed by atoms with Gasteiger partial charge in [-0.25, -0.2) is 8.42 Å². The molecule has 2 aliphatic heterocycles. The van der Waals surface area contributed by atoms with Crippen LogP contribution in [0.3, 0.4) is 0 Å². The van der Waals surface area contributed by atoms with Crippen molar-refractivity contribution in [3.63, 3.8) is 0 Å². The van der Waals surface area contributed by atoms with Gasteiger partial charge < -0.3 is 15.1 Å². The number of amides is 1. The maximum absolute atomic E-state index is 12.7. The summed E-state index contributed by atoms with van der Waals surface area (Å²) in [5.74, 6) is 1.35. The summed E-state index contributed by atoms with van der Waals surface area (Å²) >= 11 is 0. The Bertz CT molecular complexity index is 662. The fraction of sp³-hybridized carbons (Fsp3) is 0.889. The normalized spacial score (nSPS) is 25.1. The topological polar surface area (TPSA) is 82.1 Å². The highest BCUT2D eigenvalue weighted by Crippen LogP contribution is 2.25. The van der Waals surface area contributed by atoms with Crippen LogP contribution in [-0.2, 0) is 14.6 Å². The van der Waals surface area contributed by atoms with Crippen LogP contribution in [0.5, 0.6) is 0 Å². The first-order chi connectivity index (χ1) is 11.9. The van der Waals surface area contributed by atoms with Crippen LogP contribution in [-0.4, -0.2) is 78.8 Å². The lowest BCUT2D eigenvalue weighted by Gasteiger charge is -2.49. The van der Waals surface area contributed by atoms with Gasteiger partial charge in [-0.15, -0.1) is 24.0 Å². The van der Waals surface area contributed by atoms with Gasteiger partial charge in [-0.2, -0.15) is 0 Å². The van der Waals surface area contributed by atoms with Crippen molar-refractivity contribution in [3.05, 3.63) is 0 Å². The number of guanidine groups is 1. The van der Waals surface area contributed by atoms with Crippen molar-refractivity contribution in [2.45, 2.75) is 65.6 Å². The van der Waals surface area contributed by atoms with Crippen molar-refractivity contribution in [2.24, 2.45) is 10.9 Å². The molecule has 158 valence electrons. The monoisotopic (exact) mass is 514 g/mol. The zero-order valence-electron chi connectivity index (χ0n) is 17.4. The van der Waals surface area contributed by atoms with E-state index in [1.165, 1.54) is 0 Å². The number of nitrogens with one attached hydrogen (secondary N) is 1. The van der Waals surface area contributed by atoms with Gasteiger partial charge in [0.1, 0.15) is 0 Å². The van der Waals surface area contributed by atoms with Gasteiger partial charge >= 0.3 is 0 Å². The summed E-state index contributed by atoms with van der Waals surface area (Å²) in [5.41, 5.74) is -0.292. The van der Waals surface area contributed by atoms with Crippen molar-refractivity contribution in [2.75, 3.05) is 31.1 Å². The molecule has 1 atom stereocenters. The molecule has 2 heterocycles. The first-order valence-corrected chi connectivity index (χ1v) is 11.3. The third-order valence-corrected chi connectivity index (χ3v) is 6.72. The van der Waals surface area contributed by atoms with E-state index in [0.717, 1.165) is 0 Å². The molecule has 2 rings (SSSR count). The number of hydrogen-bond donors (Lipinski definition) is 1. The molecule has 2 saturated heterocycles. The number of rotatable bonds is 4. The van der Waals surface area contributed by atoms with Gasteiger partial charge in [-0.05, 0) is 53.9 Å². The SMILES string of the molecule is CC(C)NC(=NCC1CCS(=O)(=O)C1)N1CC(=O)N(C(C)C)C(C)(C)C1.I. The minimum absolute atomic E-state index is 0. The molecule has 0 aromatic rings. The summed E-state index contributed by atoms with van der Waals surface area (Å²) in [6.07, 6.45) is 0.673. The Morgan fingerprint density at radius 3 is 2.37 bits per heavy atom. The van der Waals surface area contributed by atoms with E-state index in [1.54, 1.807) is 0 Å². The largest absolute Gasteiger partial charge is 0.354 e. The van der Waals surface area contributed by atoms with Crippen LogP contribution in [0.25, 0.3) is 0 Å². The minimum atomic E-state index is -2.90. The van der Waals surface area contributed by atoms with E-state index >= 15 is 0 Å². The molecule has 0 aliphatic carbocycles. The average Bonchev–Trinajstić information content (AvgIpc) is 2.80. The van der Waals surface area contributed by atoms with Gasteiger partial charge in [0.15, 0.2) is 15.8 Å². The molecule has 0 aromatic carbocycles. The van der Waals surface area contributed by atoms with E-state index < -0.39 is 9.84 Å². The maximum Gasteiger partial charge on any atom is 0.242 e. The highest BCUT2D eigenvalue weighted by molar-refractivity contribution is 14.0. The Morgan fingerprint density at radius 1 is 1.30 bits per heavy atom. The van der Waals surface area contributed by atoms with Gasteiger partial charge in [0, 0.05) is 25.2 Å². The molecule has 0 bridgehead atoms. The van der Waals surface area contributed by atoms with E-state index in [4.69, 9.17) is 4.99 Å². The van der Waals surface area contributed by atoms with Crippen LogP contribution >= 0.6 is 24.0 Å². The van der Waals surface area contributed by atoms with Gasteiger partial charge in [-0.1, -0.05) is 0 Å². The van der Waals surface area contributed by atoms with Crippen molar-refractivity contribution in [1.82, 2.24) is 15.1 Å². The van der Waals surface area contributed by atoms with Crippen molar-refractivity contribution in [3.8, 4) is 0 Å². The smallest absolute Gasteiger partial charge is 0.242 e. The summed E-state index contributed by atoms with van der Waals surface area (Å²) in [4.78, 5) is 21.4. The molecule has 0 aromatic heterocycles. The van der Waals surface area contributed by atoms with Crippen LogP contribution in [0.4, 0.5) is 0 Å². The molecule has 1 unspecified atom stereocenters. The molecule has 7 nitrogen and oxygen atoms in total. The quantitative estimate of drug-likeness (QED) is 0.351. The molecule has 9 heteroatoms. The first-order valence-electron chi connectivity index (χ1n) is 9.50. The molecule has 1 amide bonds. The van der Waals surface area contributed by atoms with E-state index in [-0.39, 0.29) is 64.9 Å². The highest BCUT2D eigenvalue weighted by atomic mass is 127.